The highest BCUT2D eigenvalue weighted by atomic mass is 16.5. The van der Waals surface area contributed by atoms with E-state index in [9.17, 15) is 4.79 Å². The lowest BCUT2D eigenvalue weighted by Crippen LogP contribution is -2.48. The molecule has 2 atom stereocenters. The molecule has 5 heteroatoms. The topological polar surface area (TPSA) is 50.8 Å². The van der Waals surface area contributed by atoms with Crippen molar-refractivity contribution in [2.75, 3.05) is 20.8 Å². The van der Waals surface area contributed by atoms with Gasteiger partial charge >= 0.3 is 0 Å². The zero-order chi connectivity index (χ0) is 21.8. The Morgan fingerprint density at radius 3 is 2.43 bits per heavy atom. The minimum atomic E-state index is -0.0502. The van der Waals surface area contributed by atoms with E-state index in [1.54, 1.807) is 14.2 Å². The average molecular weight is 411 g/mol. The Kier molecular flexibility index (Phi) is 7.03. The summed E-state index contributed by atoms with van der Waals surface area (Å²) in [6.07, 6.45) is 0.933. The molecule has 0 aliphatic carbocycles. The largest absolute Gasteiger partial charge is 0.493 e. The number of benzene rings is 2. The molecule has 1 amide bonds. The van der Waals surface area contributed by atoms with Gasteiger partial charge in [0.1, 0.15) is 0 Å². The van der Waals surface area contributed by atoms with Crippen molar-refractivity contribution in [2.24, 2.45) is 5.92 Å². The monoisotopic (exact) mass is 410 g/mol. The van der Waals surface area contributed by atoms with Crippen LogP contribution in [-0.2, 0) is 17.8 Å². The molecule has 0 saturated carbocycles. The summed E-state index contributed by atoms with van der Waals surface area (Å²) in [7, 11) is 3.33. The van der Waals surface area contributed by atoms with E-state index in [0.29, 0.717) is 0 Å². The maximum Gasteiger partial charge on any atom is 0.222 e. The molecule has 0 spiro atoms. The zero-order valence-electron chi connectivity index (χ0n) is 19.0. The van der Waals surface area contributed by atoms with E-state index in [1.807, 2.05) is 13.8 Å². The van der Waals surface area contributed by atoms with Gasteiger partial charge in [-0.2, -0.15) is 0 Å². The van der Waals surface area contributed by atoms with Crippen LogP contribution >= 0.6 is 0 Å². The molecule has 1 aliphatic heterocycles. The highest BCUT2D eigenvalue weighted by molar-refractivity contribution is 5.78. The quantitative estimate of drug-likeness (QED) is 0.741. The number of amides is 1. The van der Waals surface area contributed by atoms with E-state index in [4.69, 9.17) is 9.47 Å². The summed E-state index contributed by atoms with van der Waals surface area (Å²) in [5.74, 6) is 1.50. The SMILES string of the molecule is COc1cc2c(cc1OC)C(C(C)NC(=O)C(C)C)N(Cc1ccccc1C)CC2. The van der Waals surface area contributed by atoms with Gasteiger partial charge in [0, 0.05) is 25.0 Å². The van der Waals surface area contributed by atoms with Gasteiger partial charge in [-0.15, -0.1) is 0 Å². The van der Waals surface area contributed by atoms with Gasteiger partial charge in [-0.3, -0.25) is 9.69 Å². The van der Waals surface area contributed by atoms with Crippen LogP contribution in [0.4, 0.5) is 0 Å². The van der Waals surface area contributed by atoms with Crippen molar-refractivity contribution in [3.63, 3.8) is 0 Å². The van der Waals surface area contributed by atoms with Gasteiger partial charge in [-0.05, 0) is 54.7 Å². The molecule has 1 N–H and O–H groups in total. The normalized spacial score (nSPS) is 17.4. The molecule has 0 saturated heterocycles. The molecule has 0 bridgehead atoms. The second-order valence-electron chi connectivity index (χ2n) is 8.45. The average Bonchev–Trinajstić information content (AvgIpc) is 2.73. The number of rotatable bonds is 7. The third-order valence-corrected chi connectivity index (χ3v) is 6.03. The van der Waals surface area contributed by atoms with Crippen LogP contribution < -0.4 is 14.8 Å². The molecule has 5 nitrogen and oxygen atoms in total. The molecule has 2 aromatic rings. The van der Waals surface area contributed by atoms with Crippen LogP contribution in [0, 0.1) is 12.8 Å². The summed E-state index contributed by atoms with van der Waals surface area (Å²) >= 11 is 0. The van der Waals surface area contributed by atoms with Crippen molar-refractivity contribution >= 4 is 5.91 Å². The molecular formula is C25H34N2O3. The summed E-state index contributed by atoms with van der Waals surface area (Å²) in [5.41, 5.74) is 5.05. The molecule has 0 fully saturated rings. The zero-order valence-corrected chi connectivity index (χ0v) is 19.0. The van der Waals surface area contributed by atoms with E-state index in [1.165, 1.54) is 22.3 Å². The number of carbonyl (C=O) groups is 1. The van der Waals surface area contributed by atoms with Crippen molar-refractivity contribution in [3.05, 3.63) is 58.7 Å². The fraction of sp³-hybridized carbons (Fsp3) is 0.480. The maximum atomic E-state index is 12.5. The standard InChI is InChI=1S/C25H34N2O3/c1-16(2)25(28)26-18(4)24-21-14-23(30-6)22(29-5)13-19(21)11-12-27(24)15-20-10-8-7-9-17(20)3/h7-10,13-14,16,18,24H,11-12,15H2,1-6H3,(H,26,28). The fourth-order valence-corrected chi connectivity index (χ4v) is 4.27. The number of hydrogen-bond acceptors (Lipinski definition) is 4. The van der Waals surface area contributed by atoms with Gasteiger partial charge in [-0.25, -0.2) is 0 Å². The molecule has 3 rings (SSSR count). The second-order valence-corrected chi connectivity index (χ2v) is 8.45. The van der Waals surface area contributed by atoms with Crippen LogP contribution in [0.3, 0.4) is 0 Å². The molecule has 0 radical (unpaired) electrons. The number of fused-ring (bicyclic) bond motifs is 1. The Balaban J connectivity index is 2.01. The molecule has 0 aromatic heterocycles. The summed E-state index contributed by atoms with van der Waals surface area (Å²) in [6, 6.07) is 12.7. The predicted octanol–water partition coefficient (Wildman–Crippen LogP) is 4.27. The van der Waals surface area contributed by atoms with Gasteiger partial charge in [0.25, 0.3) is 0 Å². The van der Waals surface area contributed by atoms with Crippen molar-refractivity contribution in [1.29, 1.82) is 0 Å². The number of nitrogens with one attached hydrogen (secondary N) is 1. The van der Waals surface area contributed by atoms with Crippen LogP contribution in [0.5, 0.6) is 11.5 Å². The fourth-order valence-electron chi connectivity index (χ4n) is 4.27. The third-order valence-electron chi connectivity index (χ3n) is 6.03. The smallest absolute Gasteiger partial charge is 0.222 e. The first kappa shape index (κ1) is 22.2. The molecule has 1 aliphatic rings. The van der Waals surface area contributed by atoms with E-state index in [-0.39, 0.29) is 23.9 Å². The first-order chi connectivity index (χ1) is 14.3. The molecule has 2 aromatic carbocycles. The Morgan fingerprint density at radius 1 is 1.13 bits per heavy atom. The summed E-state index contributed by atoms with van der Waals surface area (Å²) in [6.45, 7) is 9.86. The highest BCUT2D eigenvalue weighted by Gasteiger charge is 2.34. The van der Waals surface area contributed by atoms with Crippen LogP contribution in [0.1, 0.15) is 49.1 Å². The lowest BCUT2D eigenvalue weighted by atomic mass is 9.87. The molecule has 162 valence electrons. The summed E-state index contributed by atoms with van der Waals surface area (Å²) in [5, 5.41) is 3.23. The van der Waals surface area contributed by atoms with E-state index < -0.39 is 0 Å². The van der Waals surface area contributed by atoms with Gasteiger partial charge < -0.3 is 14.8 Å². The van der Waals surface area contributed by atoms with Gasteiger partial charge in [0.15, 0.2) is 11.5 Å². The van der Waals surface area contributed by atoms with Crippen LogP contribution in [0.15, 0.2) is 36.4 Å². The van der Waals surface area contributed by atoms with Crippen molar-refractivity contribution < 1.29 is 14.3 Å². The molecule has 30 heavy (non-hydrogen) atoms. The Hall–Kier alpha value is -2.53. The number of carbonyl (C=O) groups excluding carboxylic acids is 1. The third kappa shape index (κ3) is 4.62. The number of aryl methyl sites for hydroxylation is 1. The molecular weight excluding hydrogens is 376 g/mol. The van der Waals surface area contributed by atoms with Crippen molar-refractivity contribution in [1.82, 2.24) is 10.2 Å². The Morgan fingerprint density at radius 2 is 1.80 bits per heavy atom. The highest BCUT2D eigenvalue weighted by Crippen LogP contribution is 2.40. The van der Waals surface area contributed by atoms with E-state index in [0.717, 1.165) is 31.0 Å². The van der Waals surface area contributed by atoms with Crippen molar-refractivity contribution in [2.45, 2.75) is 52.7 Å². The van der Waals surface area contributed by atoms with Crippen molar-refractivity contribution in [3.8, 4) is 11.5 Å². The summed E-state index contributed by atoms with van der Waals surface area (Å²) < 4.78 is 11.1. The number of ether oxygens (including phenoxy) is 2. The first-order valence-corrected chi connectivity index (χ1v) is 10.7. The lowest BCUT2D eigenvalue weighted by molar-refractivity contribution is -0.125. The van der Waals surface area contributed by atoms with E-state index in [2.05, 4.69) is 60.5 Å². The summed E-state index contributed by atoms with van der Waals surface area (Å²) in [4.78, 5) is 15.0. The Labute approximate surface area is 180 Å². The first-order valence-electron chi connectivity index (χ1n) is 10.7. The lowest BCUT2D eigenvalue weighted by Gasteiger charge is -2.41. The maximum absolute atomic E-state index is 12.5. The minimum absolute atomic E-state index is 0.0407. The van der Waals surface area contributed by atoms with E-state index >= 15 is 0 Å². The Bertz CT molecular complexity index is 894. The minimum Gasteiger partial charge on any atom is -0.493 e. The predicted molar refractivity (Wildman–Crippen MR) is 120 cm³/mol. The number of nitrogens with zero attached hydrogens (tertiary/aromatic N) is 1. The molecule has 1 heterocycles. The molecule has 2 unspecified atom stereocenters. The van der Waals surface area contributed by atoms with Gasteiger partial charge in [0.2, 0.25) is 5.91 Å². The van der Waals surface area contributed by atoms with Crippen LogP contribution in [0.25, 0.3) is 0 Å². The van der Waals surface area contributed by atoms with Gasteiger partial charge in [-0.1, -0.05) is 38.1 Å². The van der Waals surface area contributed by atoms with Gasteiger partial charge in [0.05, 0.1) is 20.3 Å². The number of methoxy groups -OCH3 is 2. The second kappa shape index (κ2) is 9.52. The number of hydrogen-bond donors (Lipinski definition) is 1. The van der Waals surface area contributed by atoms with Crippen LogP contribution in [0.2, 0.25) is 0 Å². The van der Waals surface area contributed by atoms with Crippen LogP contribution in [-0.4, -0.2) is 37.6 Å².